The van der Waals surface area contributed by atoms with E-state index in [2.05, 4.69) is 29.4 Å². The molecule has 0 spiro atoms. The van der Waals surface area contributed by atoms with E-state index in [1.165, 1.54) is 0 Å². The molecule has 1 aliphatic heterocycles. The Hall–Kier alpha value is -0.950. The van der Waals surface area contributed by atoms with Gasteiger partial charge in [0.2, 0.25) is 0 Å². The maximum absolute atomic E-state index is 11.3. The van der Waals surface area contributed by atoms with Crippen molar-refractivity contribution >= 4 is 9.84 Å². The summed E-state index contributed by atoms with van der Waals surface area (Å²) < 4.78 is 24.6. The first-order valence-electron chi connectivity index (χ1n) is 5.80. The molecule has 0 saturated carbocycles. The molecular formula is C10H18N4O2S. The average Bonchev–Trinajstić information content (AvgIpc) is 2.81. The van der Waals surface area contributed by atoms with E-state index in [0.717, 1.165) is 5.82 Å². The molecule has 6 nitrogen and oxygen atoms in total. The second-order valence-corrected chi connectivity index (χ2v) is 6.96. The van der Waals surface area contributed by atoms with E-state index in [4.69, 9.17) is 0 Å². The van der Waals surface area contributed by atoms with Crippen molar-refractivity contribution in [3.8, 4) is 0 Å². The Labute approximate surface area is 101 Å². The van der Waals surface area contributed by atoms with Crippen molar-refractivity contribution in [2.24, 2.45) is 0 Å². The van der Waals surface area contributed by atoms with Crippen molar-refractivity contribution in [1.82, 2.24) is 20.1 Å². The molecule has 1 fully saturated rings. The Balaban J connectivity index is 1.92. The van der Waals surface area contributed by atoms with Gasteiger partial charge in [-0.25, -0.2) is 8.42 Å². The van der Waals surface area contributed by atoms with Crippen LogP contribution in [0.4, 0.5) is 0 Å². The summed E-state index contributed by atoms with van der Waals surface area (Å²) in [5, 5.41) is 11.1. The Kier molecular flexibility index (Phi) is 3.48. The maximum atomic E-state index is 11.3. The molecule has 2 heterocycles. The van der Waals surface area contributed by atoms with Gasteiger partial charge in [0.15, 0.2) is 9.84 Å². The van der Waals surface area contributed by atoms with Gasteiger partial charge in [0, 0.05) is 12.1 Å². The summed E-state index contributed by atoms with van der Waals surface area (Å²) in [4.78, 5) is 0. The Morgan fingerprint density at radius 3 is 2.94 bits per heavy atom. The summed E-state index contributed by atoms with van der Waals surface area (Å²) >= 11 is 0. The average molecular weight is 258 g/mol. The highest BCUT2D eigenvalue weighted by molar-refractivity contribution is 7.91. The second-order valence-electron chi connectivity index (χ2n) is 4.73. The van der Waals surface area contributed by atoms with E-state index >= 15 is 0 Å². The van der Waals surface area contributed by atoms with Gasteiger partial charge in [-0.15, -0.1) is 10.2 Å². The highest BCUT2D eigenvalue weighted by Gasteiger charge is 2.27. The molecule has 1 aromatic heterocycles. The van der Waals surface area contributed by atoms with Crippen molar-refractivity contribution in [3.63, 3.8) is 0 Å². The molecule has 17 heavy (non-hydrogen) atoms. The highest BCUT2D eigenvalue weighted by Crippen LogP contribution is 2.12. The number of hydrogen-bond acceptors (Lipinski definition) is 5. The predicted molar refractivity (Wildman–Crippen MR) is 64.3 cm³/mol. The third-order valence-electron chi connectivity index (χ3n) is 2.98. The van der Waals surface area contributed by atoms with Crippen molar-refractivity contribution in [1.29, 1.82) is 0 Å². The molecule has 0 radical (unpaired) electrons. The van der Waals surface area contributed by atoms with E-state index in [9.17, 15) is 8.42 Å². The molecule has 7 heteroatoms. The molecule has 96 valence electrons. The van der Waals surface area contributed by atoms with E-state index < -0.39 is 9.84 Å². The van der Waals surface area contributed by atoms with Gasteiger partial charge in [0.05, 0.1) is 18.1 Å². The van der Waals surface area contributed by atoms with Gasteiger partial charge >= 0.3 is 0 Å². The molecule has 1 unspecified atom stereocenters. The van der Waals surface area contributed by atoms with E-state index in [1.807, 2.05) is 4.57 Å². The van der Waals surface area contributed by atoms with E-state index in [1.54, 1.807) is 6.33 Å². The van der Waals surface area contributed by atoms with Gasteiger partial charge < -0.3 is 9.88 Å². The fourth-order valence-electron chi connectivity index (χ4n) is 2.02. The molecule has 1 aliphatic rings. The van der Waals surface area contributed by atoms with Crippen LogP contribution < -0.4 is 5.32 Å². The first kappa shape index (κ1) is 12.5. The minimum atomic E-state index is -2.82. The molecular weight excluding hydrogens is 240 g/mol. The molecule has 1 aromatic rings. The fourth-order valence-corrected chi connectivity index (χ4v) is 3.72. The lowest BCUT2D eigenvalue weighted by molar-refractivity contribution is 0.502. The molecule has 0 aromatic carbocycles. The Morgan fingerprint density at radius 1 is 1.59 bits per heavy atom. The summed E-state index contributed by atoms with van der Waals surface area (Å²) in [5.74, 6) is 1.38. The van der Waals surface area contributed by atoms with Crippen LogP contribution in [0.15, 0.2) is 6.33 Å². The van der Waals surface area contributed by atoms with Crippen molar-refractivity contribution < 1.29 is 8.42 Å². The minimum absolute atomic E-state index is 0.0531. The first-order chi connectivity index (χ1) is 7.98. The van der Waals surface area contributed by atoms with Gasteiger partial charge in [-0.05, 0) is 20.3 Å². The van der Waals surface area contributed by atoms with E-state index in [0.29, 0.717) is 24.8 Å². The van der Waals surface area contributed by atoms with Crippen LogP contribution in [0.3, 0.4) is 0 Å². The number of nitrogens with zero attached hydrogens (tertiary/aromatic N) is 3. The number of rotatable bonds is 4. The van der Waals surface area contributed by atoms with Crippen LogP contribution in [0.2, 0.25) is 0 Å². The Morgan fingerprint density at radius 2 is 2.35 bits per heavy atom. The van der Waals surface area contributed by atoms with Gasteiger partial charge in [-0.1, -0.05) is 0 Å². The summed E-state index contributed by atoms with van der Waals surface area (Å²) in [6.07, 6.45) is 2.39. The summed E-state index contributed by atoms with van der Waals surface area (Å²) in [6, 6.07) is 0.367. The molecule has 1 N–H and O–H groups in total. The number of sulfone groups is 1. The minimum Gasteiger partial charge on any atom is -0.314 e. The van der Waals surface area contributed by atoms with Gasteiger partial charge in [-0.3, -0.25) is 0 Å². The summed E-state index contributed by atoms with van der Waals surface area (Å²) in [6.45, 7) is 4.69. The van der Waals surface area contributed by atoms with Crippen LogP contribution in [0.5, 0.6) is 0 Å². The fraction of sp³-hybridized carbons (Fsp3) is 0.800. The van der Waals surface area contributed by atoms with E-state index in [-0.39, 0.29) is 11.8 Å². The van der Waals surface area contributed by atoms with Gasteiger partial charge in [0.25, 0.3) is 0 Å². The molecule has 2 rings (SSSR count). The third-order valence-corrected chi connectivity index (χ3v) is 4.75. The standard InChI is InChI=1S/C10H18N4O2S/c1-8(2)14-7-12-13-10(14)5-11-9-3-4-17(15,16)6-9/h7-9,11H,3-6H2,1-2H3. The predicted octanol–water partition coefficient (Wildman–Crippen LogP) is 0.136. The smallest absolute Gasteiger partial charge is 0.151 e. The lowest BCUT2D eigenvalue weighted by Crippen LogP contribution is -2.30. The van der Waals surface area contributed by atoms with Crippen molar-refractivity contribution in [3.05, 3.63) is 12.2 Å². The van der Waals surface area contributed by atoms with Gasteiger partial charge in [-0.2, -0.15) is 0 Å². The van der Waals surface area contributed by atoms with Crippen LogP contribution in [-0.2, 0) is 16.4 Å². The van der Waals surface area contributed by atoms with Gasteiger partial charge in [0.1, 0.15) is 12.2 Å². The zero-order valence-electron chi connectivity index (χ0n) is 10.1. The quantitative estimate of drug-likeness (QED) is 0.831. The van der Waals surface area contributed by atoms with Crippen molar-refractivity contribution in [2.75, 3.05) is 11.5 Å². The first-order valence-corrected chi connectivity index (χ1v) is 7.62. The highest BCUT2D eigenvalue weighted by atomic mass is 32.2. The van der Waals surface area contributed by atoms with Crippen LogP contribution in [0.25, 0.3) is 0 Å². The third kappa shape index (κ3) is 3.04. The van der Waals surface area contributed by atoms with Crippen LogP contribution >= 0.6 is 0 Å². The number of nitrogens with one attached hydrogen (secondary N) is 1. The summed E-state index contributed by atoms with van der Waals surface area (Å²) in [5.41, 5.74) is 0. The largest absolute Gasteiger partial charge is 0.314 e. The number of aromatic nitrogens is 3. The molecule has 0 bridgehead atoms. The lowest BCUT2D eigenvalue weighted by Gasteiger charge is -2.13. The molecule has 1 saturated heterocycles. The zero-order chi connectivity index (χ0) is 12.5. The normalized spacial score (nSPS) is 23.4. The summed E-state index contributed by atoms with van der Waals surface area (Å²) in [7, 11) is -2.82. The zero-order valence-corrected chi connectivity index (χ0v) is 10.9. The van der Waals surface area contributed by atoms with Crippen molar-refractivity contribution in [2.45, 2.75) is 38.9 Å². The van der Waals surface area contributed by atoms with Crippen LogP contribution in [0.1, 0.15) is 32.1 Å². The lowest BCUT2D eigenvalue weighted by atomic mass is 10.2. The topological polar surface area (TPSA) is 76.9 Å². The Bertz CT molecular complexity index is 480. The number of hydrogen-bond donors (Lipinski definition) is 1. The molecule has 0 amide bonds. The SMILES string of the molecule is CC(C)n1cnnc1CNC1CCS(=O)(=O)C1. The second kappa shape index (κ2) is 4.73. The molecule has 0 aliphatic carbocycles. The monoisotopic (exact) mass is 258 g/mol. The van der Waals surface area contributed by atoms with Crippen LogP contribution in [-0.4, -0.2) is 40.7 Å². The maximum Gasteiger partial charge on any atom is 0.151 e. The molecule has 1 atom stereocenters. The van der Waals surface area contributed by atoms with Crippen LogP contribution in [0, 0.1) is 0 Å².